The molecule has 82 valence electrons. The van der Waals surface area contributed by atoms with E-state index in [1.54, 1.807) is 30.3 Å². The van der Waals surface area contributed by atoms with Crippen LogP contribution in [0.5, 0.6) is 0 Å². The van der Waals surface area contributed by atoms with Crippen LogP contribution in [-0.2, 0) is 19.1 Å². The first-order chi connectivity index (χ1) is 7.65. The van der Waals surface area contributed by atoms with Crippen LogP contribution in [0.3, 0.4) is 0 Å². The van der Waals surface area contributed by atoms with E-state index in [-0.39, 0.29) is 0 Å². The second-order valence-corrected chi connectivity index (χ2v) is 2.66. The molecule has 1 rings (SSSR count). The highest BCUT2D eigenvalue weighted by Gasteiger charge is 2.19. The van der Waals surface area contributed by atoms with E-state index in [9.17, 15) is 9.59 Å². The second-order valence-electron chi connectivity index (χ2n) is 2.66. The number of rotatable bonds is 2. The number of nitrogens with one attached hydrogen (secondary N) is 1. The van der Waals surface area contributed by atoms with E-state index in [0.29, 0.717) is 5.56 Å². The van der Waals surface area contributed by atoms with Crippen LogP contribution >= 0.6 is 0 Å². The standard InChI is InChI=1S/C11H9NO4/c1-2-15-10(13)11(14)16-9(12)8-6-4-3-5-7-8/h2-7,12H,1H2. The van der Waals surface area contributed by atoms with Crippen LogP contribution in [0.15, 0.2) is 43.2 Å². The van der Waals surface area contributed by atoms with E-state index in [1.807, 2.05) is 0 Å². The largest absolute Gasteiger partial charge is 0.427 e. The van der Waals surface area contributed by atoms with Crippen molar-refractivity contribution in [3.8, 4) is 0 Å². The van der Waals surface area contributed by atoms with Gasteiger partial charge < -0.3 is 9.47 Å². The van der Waals surface area contributed by atoms with Crippen molar-refractivity contribution in [1.82, 2.24) is 0 Å². The van der Waals surface area contributed by atoms with Gasteiger partial charge in [0, 0.05) is 5.56 Å². The molecule has 0 amide bonds. The summed E-state index contributed by atoms with van der Waals surface area (Å²) in [6.07, 6.45) is 0.815. The SMILES string of the molecule is C=COC(=O)C(=O)OC(=N)c1ccccc1. The number of ether oxygens (including phenoxy) is 2. The van der Waals surface area contributed by atoms with Gasteiger partial charge in [-0.3, -0.25) is 5.41 Å². The Morgan fingerprint density at radius 2 is 1.81 bits per heavy atom. The van der Waals surface area contributed by atoms with E-state index in [0.717, 1.165) is 6.26 Å². The molecule has 1 aromatic rings. The van der Waals surface area contributed by atoms with Crippen LogP contribution in [0.2, 0.25) is 0 Å². The van der Waals surface area contributed by atoms with E-state index in [4.69, 9.17) is 5.41 Å². The fourth-order valence-electron chi connectivity index (χ4n) is 0.907. The van der Waals surface area contributed by atoms with Crippen molar-refractivity contribution in [2.24, 2.45) is 0 Å². The molecule has 0 fully saturated rings. The summed E-state index contributed by atoms with van der Waals surface area (Å²) in [4.78, 5) is 21.9. The summed E-state index contributed by atoms with van der Waals surface area (Å²) in [6, 6.07) is 8.27. The fraction of sp³-hybridized carbons (Fsp3) is 0. The number of benzene rings is 1. The molecule has 0 aliphatic heterocycles. The van der Waals surface area contributed by atoms with E-state index in [1.165, 1.54) is 0 Å². The number of hydrogen-bond acceptors (Lipinski definition) is 5. The zero-order chi connectivity index (χ0) is 12.0. The Balaban J connectivity index is 2.62. The summed E-state index contributed by atoms with van der Waals surface area (Å²) in [6.45, 7) is 3.12. The quantitative estimate of drug-likeness (QED) is 0.267. The summed E-state index contributed by atoms with van der Waals surface area (Å²) >= 11 is 0. The summed E-state index contributed by atoms with van der Waals surface area (Å²) < 4.78 is 8.67. The third kappa shape index (κ3) is 3.06. The van der Waals surface area contributed by atoms with Crippen LogP contribution in [0, 0.1) is 5.41 Å². The van der Waals surface area contributed by atoms with Crippen LogP contribution in [0.25, 0.3) is 0 Å². The zero-order valence-corrected chi connectivity index (χ0v) is 8.30. The van der Waals surface area contributed by atoms with E-state index in [2.05, 4.69) is 16.1 Å². The van der Waals surface area contributed by atoms with E-state index < -0.39 is 17.8 Å². The predicted molar refractivity (Wildman–Crippen MR) is 55.7 cm³/mol. The van der Waals surface area contributed by atoms with Crippen molar-refractivity contribution in [3.05, 3.63) is 48.7 Å². The maximum atomic E-state index is 11.0. The first kappa shape index (κ1) is 11.6. The molecule has 0 radical (unpaired) electrons. The Labute approximate surface area is 91.8 Å². The van der Waals surface area contributed by atoms with Gasteiger partial charge in [0.1, 0.15) is 0 Å². The minimum Gasteiger partial charge on any atom is -0.427 e. The molecule has 0 aliphatic rings. The smallest absolute Gasteiger partial charge is 0.424 e. The lowest BCUT2D eigenvalue weighted by Gasteiger charge is -2.03. The molecule has 0 atom stereocenters. The molecule has 0 aromatic heterocycles. The van der Waals surface area contributed by atoms with Gasteiger partial charge >= 0.3 is 11.9 Å². The van der Waals surface area contributed by atoms with Crippen molar-refractivity contribution in [3.63, 3.8) is 0 Å². The average Bonchev–Trinajstić information content (AvgIpc) is 2.30. The molecule has 5 heteroatoms. The topological polar surface area (TPSA) is 76.5 Å². The fourth-order valence-corrected chi connectivity index (χ4v) is 0.907. The average molecular weight is 219 g/mol. The van der Waals surface area contributed by atoms with Gasteiger partial charge in [-0.1, -0.05) is 24.8 Å². The Morgan fingerprint density at radius 3 is 2.38 bits per heavy atom. The van der Waals surface area contributed by atoms with E-state index >= 15 is 0 Å². The van der Waals surface area contributed by atoms with Gasteiger partial charge in [-0.25, -0.2) is 9.59 Å². The molecule has 0 heterocycles. The van der Waals surface area contributed by atoms with Gasteiger partial charge in [-0.05, 0) is 12.1 Å². The molecule has 5 nitrogen and oxygen atoms in total. The Bertz CT molecular complexity index is 425. The highest BCUT2D eigenvalue weighted by Crippen LogP contribution is 2.01. The van der Waals surface area contributed by atoms with Crippen LogP contribution < -0.4 is 0 Å². The zero-order valence-electron chi connectivity index (χ0n) is 8.30. The molecule has 0 unspecified atom stereocenters. The molecular weight excluding hydrogens is 210 g/mol. The Morgan fingerprint density at radius 1 is 1.19 bits per heavy atom. The lowest BCUT2D eigenvalue weighted by molar-refractivity contribution is -0.159. The molecule has 16 heavy (non-hydrogen) atoms. The van der Waals surface area contributed by atoms with Crippen LogP contribution in [0.1, 0.15) is 5.56 Å². The van der Waals surface area contributed by atoms with Crippen molar-refractivity contribution < 1.29 is 19.1 Å². The van der Waals surface area contributed by atoms with Crippen LogP contribution in [-0.4, -0.2) is 17.8 Å². The maximum absolute atomic E-state index is 11.0. The summed E-state index contributed by atoms with van der Waals surface area (Å²) in [5.74, 6) is -2.88. The normalized spacial score (nSPS) is 9.00. The van der Waals surface area contributed by atoms with Crippen molar-refractivity contribution >= 4 is 17.8 Å². The molecule has 1 aromatic carbocycles. The van der Waals surface area contributed by atoms with Gasteiger partial charge in [0.15, 0.2) is 0 Å². The summed E-state index contributed by atoms with van der Waals surface area (Å²) in [5, 5.41) is 7.41. The predicted octanol–water partition coefficient (Wildman–Crippen LogP) is 1.24. The third-order valence-electron chi connectivity index (χ3n) is 1.59. The minimum atomic E-state index is -1.26. The molecule has 0 aliphatic carbocycles. The number of carbonyl (C=O) groups excluding carboxylic acids is 2. The van der Waals surface area contributed by atoms with Gasteiger partial charge in [0.25, 0.3) is 0 Å². The monoisotopic (exact) mass is 219 g/mol. The summed E-state index contributed by atoms with van der Waals surface area (Å²) in [5.41, 5.74) is 0.391. The van der Waals surface area contributed by atoms with Gasteiger partial charge in [-0.15, -0.1) is 0 Å². The van der Waals surface area contributed by atoms with Gasteiger partial charge in [-0.2, -0.15) is 0 Å². The van der Waals surface area contributed by atoms with Crippen molar-refractivity contribution in [2.45, 2.75) is 0 Å². The minimum absolute atomic E-state index is 0.391. The number of carbonyl (C=O) groups is 2. The number of hydrogen-bond donors (Lipinski definition) is 1. The second kappa shape index (κ2) is 5.45. The van der Waals surface area contributed by atoms with Gasteiger partial charge in [0.2, 0.25) is 5.90 Å². The molecule has 0 spiro atoms. The van der Waals surface area contributed by atoms with Gasteiger partial charge in [0.05, 0.1) is 6.26 Å². The third-order valence-corrected chi connectivity index (χ3v) is 1.59. The molecule has 0 bridgehead atoms. The summed E-state index contributed by atoms with van der Waals surface area (Å²) in [7, 11) is 0. The van der Waals surface area contributed by atoms with Crippen LogP contribution in [0.4, 0.5) is 0 Å². The molecule has 0 saturated carbocycles. The first-order valence-corrected chi connectivity index (χ1v) is 4.33. The highest BCUT2D eigenvalue weighted by molar-refractivity contribution is 6.32. The van der Waals surface area contributed by atoms with Crippen molar-refractivity contribution in [1.29, 1.82) is 5.41 Å². The first-order valence-electron chi connectivity index (χ1n) is 4.33. The number of esters is 2. The molecule has 0 saturated heterocycles. The lowest BCUT2D eigenvalue weighted by Crippen LogP contribution is -2.22. The Hall–Kier alpha value is -2.43. The maximum Gasteiger partial charge on any atom is 0.424 e. The molecular formula is C11H9NO4. The lowest BCUT2D eigenvalue weighted by atomic mass is 10.2. The molecule has 1 N–H and O–H groups in total. The Kier molecular flexibility index (Phi) is 3.97. The van der Waals surface area contributed by atoms with Crippen molar-refractivity contribution in [2.75, 3.05) is 0 Å². The highest BCUT2D eigenvalue weighted by atomic mass is 16.6.